The van der Waals surface area contributed by atoms with Crippen LogP contribution in [-0.4, -0.2) is 29.3 Å². The summed E-state index contributed by atoms with van der Waals surface area (Å²) in [4.78, 5) is 4.35. The first-order valence-electron chi connectivity index (χ1n) is 6.66. The molecule has 1 aromatic heterocycles. The second-order valence-corrected chi connectivity index (χ2v) is 4.25. The van der Waals surface area contributed by atoms with E-state index < -0.39 is 0 Å². The second kappa shape index (κ2) is 9.19. The molecule has 0 aliphatic rings. The Balaban J connectivity index is 2.12. The highest BCUT2D eigenvalue weighted by atomic mass is 16.5. The molecule has 1 rings (SSSR count). The molecule has 17 heavy (non-hydrogen) atoms. The maximum atomic E-state index is 5.52. The van der Waals surface area contributed by atoms with Crippen LogP contribution in [0.2, 0.25) is 0 Å². The third kappa shape index (κ3) is 6.44. The molecule has 0 aromatic carbocycles. The molecule has 0 aliphatic carbocycles. The fraction of sp³-hybridized carbons (Fsp3) is 0.769. The maximum Gasteiger partial charge on any atom is 0.0950 e. The van der Waals surface area contributed by atoms with Crippen LogP contribution in [0.3, 0.4) is 0 Å². The zero-order chi connectivity index (χ0) is 12.3. The minimum absolute atomic E-state index is 0.776. The van der Waals surface area contributed by atoms with E-state index in [1.165, 1.54) is 6.42 Å². The van der Waals surface area contributed by atoms with Crippen molar-refractivity contribution in [1.82, 2.24) is 14.9 Å². The lowest BCUT2D eigenvalue weighted by Gasteiger charge is -2.03. The van der Waals surface area contributed by atoms with Gasteiger partial charge in [0.1, 0.15) is 0 Å². The number of unbranched alkanes of at least 4 members (excludes halogenated alkanes) is 1. The molecule has 1 heterocycles. The zero-order valence-electron chi connectivity index (χ0n) is 11.1. The molecule has 0 atom stereocenters. The Hall–Kier alpha value is -0.870. The van der Waals surface area contributed by atoms with E-state index in [2.05, 4.69) is 34.9 Å². The van der Waals surface area contributed by atoms with Gasteiger partial charge in [-0.15, -0.1) is 0 Å². The minimum atomic E-state index is 0.776. The van der Waals surface area contributed by atoms with Crippen LogP contribution in [0.1, 0.15) is 38.8 Å². The third-order valence-corrected chi connectivity index (χ3v) is 2.56. The minimum Gasteiger partial charge on any atom is -0.380 e. The van der Waals surface area contributed by atoms with Crippen LogP contribution in [0.25, 0.3) is 0 Å². The van der Waals surface area contributed by atoms with Gasteiger partial charge in [0.2, 0.25) is 0 Å². The highest BCUT2D eigenvalue weighted by molar-refractivity contribution is 4.95. The topological polar surface area (TPSA) is 39.1 Å². The number of hydrogen-bond acceptors (Lipinski definition) is 3. The Morgan fingerprint density at radius 3 is 2.94 bits per heavy atom. The van der Waals surface area contributed by atoms with Crippen molar-refractivity contribution in [3.63, 3.8) is 0 Å². The molecule has 1 N–H and O–H groups in total. The molecule has 4 heteroatoms. The van der Waals surface area contributed by atoms with Crippen LogP contribution in [0.15, 0.2) is 12.5 Å². The summed E-state index contributed by atoms with van der Waals surface area (Å²) in [7, 11) is 0. The van der Waals surface area contributed by atoms with Gasteiger partial charge in [0, 0.05) is 25.9 Å². The van der Waals surface area contributed by atoms with Crippen molar-refractivity contribution in [2.75, 3.05) is 19.8 Å². The summed E-state index contributed by atoms with van der Waals surface area (Å²) < 4.78 is 7.61. The smallest absolute Gasteiger partial charge is 0.0950 e. The van der Waals surface area contributed by atoms with Crippen LogP contribution in [0, 0.1) is 0 Å². The Labute approximate surface area is 104 Å². The van der Waals surface area contributed by atoms with E-state index in [1.807, 2.05) is 6.33 Å². The van der Waals surface area contributed by atoms with E-state index in [0.29, 0.717) is 0 Å². The van der Waals surface area contributed by atoms with Gasteiger partial charge >= 0.3 is 0 Å². The lowest BCUT2D eigenvalue weighted by Crippen LogP contribution is -2.14. The molecule has 0 radical (unpaired) electrons. The average Bonchev–Trinajstić information content (AvgIpc) is 2.77. The van der Waals surface area contributed by atoms with E-state index in [-0.39, 0.29) is 0 Å². The highest BCUT2D eigenvalue weighted by Gasteiger charge is 1.98. The van der Waals surface area contributed by atoms with Crippen molar-refractivity contribution >= 4 is 0 Å². The van der Waals surface area contributed by atoms with Crippen LogP contribution < -0.4 is 5.32 Å². The Bertz CT molecular complexity index is 286. The Morgan fingerprint density at radius 2 is 2.18 bits per heavy atom. The quantitative estimate of drug-likeness (QED) is 0.636. The molecule has 0 aliphatic heterocycles. The third-order valence-electron chi connectivity index (χ3n) is 2.56. The molecule has 0 bridgehead atoms. The number of ether oxygens (including phenoxy) is 1. The predicted octanol–water partition coefficient (Wildman–Crippen LogP) is 2.20. The summed E-state index contributed by atoms with van der Waals surface area (Å²) in [5.74, 6) is 0. The average molecular weight is 239 g/mol. The molecule has 0 saturated carbocycles. The van der Waals surface area contributed by atoms with Crippen LogP contribution in [0.4, 0.5) is 0 Å². The lowest BCUT2D eigenvalue weighted by molar-refractivity contribution is 0.123. The normalized spacial score (nSPS) is 10.9. The monoisotopic (exact) mass is 239 g/mol. The predicted molar refractivity (Wildman–Crippen MR) is 70.0 cm³/mol. The number of imidazole rings is 1. The first kappa shape index (κ1) is 14.2. The summed E-state index contributed by atoms with van der Waals surface area (Å²) in [6.45, 7) is 8.79. The molecule has 0 saturated heterocycles. The van der Waals surface area contributed by atoms with Gasteiger partial charge in [0.25, 0.3) is 0 Å². The van der Waals surface area contributed by atoms with E-state index in [0.717, 1.165) is 51.4 Å². The van der Waals surface area contributed by atoms with Crippen molar-refractivity contribution < 1.29 is 4.74 Å². The summed E-state index contributed by atoms with van der Waals surface area (Å²) in [5.41, 5.74) is 1.10. The number of hydrogen-bond donors (Lipinski definition) is 1. The van der Waals surface area contributed by atoms with Crippen LogP contribution >= 0.6 is 0 Å². The number of nitrogens with zero attached hydrogens (tertiary/aromatic N) is 2. The van der Waals surface area contributed by atoms with Gasteiger partial charge < -0.3 is 14.6 Å². The van der Waals surface area contributed by atoms with Crippen molar-refractivity contribution in [3.8, 4) is 0 Å². The number of rotatable bonds is 10. The first-order valence-corrected chi connectivity index (χ1v) is 6.66. The van der Waals surface area contributed by atoms with Gasteiger partial charge in [-0.1, -0.05) is 20.3 Å². The molecular weight excluding hydrogens is 214 g/mol. The lowest BCUT2D eigenvalue weighted by atomic mass is 10.4. The maximum absolute atomic E-state index is 5.52. The summed E-state index contributed by atoms with van der Waals surface area (Å²) in [6, 6.07) is 0. The second-order valence-electron chi connectivity index (χ2n) is 4.25. The summed E-state index contributed by atoms with van der Waals surface area (Å²) in [6.07, 6.45) is 7.47. The van der Waals surface area contributed by atoms with Gasteiger partial charge in [-0.2, -0.15) is 0 Å². The zero-order valence-corrected chi connectivity index (χ0v) is 11.1. The van der Waals surface area contributed by atoms with E-state index in [1.54, 1.807) is 0 Å². The first-order chi connectivity index (χ1) is 8.36. The molecule has 0 amide bonds. The van der Waals surface area contributed by atoms with Crippen molar-refractivity contribution in [3.05, 3.63) is 18.2 Å². The van der Waals surface area contributed by atoms with Gasteiger partial charge in [-0.25, -0.2) is 4.98 Å². The highest BCUT2D eigenvalue weighted by Crippen LogP contribution is 1.97. The largest absolute Gasteiger partial charge is 0.380 e. The Kier molecular flexibility index (Phi) is 7.67. The molecule has 0 unspecified atom stereocenters. The van der Waals surface area contributed by atoms with Crippen molar-refractivity contribution in [1.29, 1.82) is 0 Å². The SMILES string of the molecule is CCCCOCCn1cnc(CNCCC)c1. The summed E-state index contributed by atoms with van der Waals surface area (Å²) in [5, 5.41) is 3.34. The fourth-order valence-corrected chi connectivity index (χ4v) is 1.53. The van der Waals surface area contributed by atoms with Gasteiger partial charge in [0.15, 0.2) is 0 Å². The van der Waals surface area contributed by atoms with Gasteiger partial charge in [0.05, 0.1) is 18.6 Å². The molecule has 4 nitrogen and oxygen atoms in total. The van der Waals surface area contributed by atoms with E-state index in [9.17, 15) is 0 Å². The Morgan fingerprint density at radius 1 is 1.29 bits per heavy atom. The van der Waals surface area contributed by atoms with E-state index in [4.69, 9.17) is 4.74 Å². The van der Waals surface area contributed by atoms with Gasteiger partial charge in [-0.05, 0) is 19.4 Å². The van der Waals surface area contributed by atoms with Crippen LogP contribution in [-0.2, 0) is 17.8 Å². The van der Waals surface area contributed by atoms with Crippen LogP contribution in [0.5, 0.6) is 0 Å². The molecule has 1 aromatic rings. The van der Waals surface area contributed by atoms with Crippen molar-refractivity contribution in [2.24, 2.45) is 0 Å². The van der Waals surface area contributed by atoms with E-state index >= 15 is 0 Å². The van der Waals surface area contributed by atoms with Gasteiger partial charge in [-0.3, -0.25) is 0 Å². The number of nitrogens with one attached hydrogen (secondary N) is 1. The van der Waals surface area contributed by atoms with Crippen molar-refractivity contribution in [2.45, 2.75) is 46.2 Å². The molecule has 0 fully saturated rings. The standard InChI is InChI=1S/C13H25N3O/c1-3-5-8-17-9-7-16-11-13(15-12-16)10-14-6-4-2/h11-12,14H,3-10H2,1-2H3. The summed E-state index contributed by atoms with van der Waals surface area (Å²) >= 11 is 0. The molecule has 98 valence electrons. The molecular formula is C13H25N3O. The number of aromatic nitrogens is 2. The molecule has 0 spiro atoms. The fourth-order valence-electron chi connectivity index (χ4n) is 1.53.